The molecule has 0 saturated carbocycles. The van der Waals surface area contributed by atoms with Crippen molar-refractivity contribution in [3.8, 4) is 5.75 Å². The van der Waals surface area contributed by atoms with Gasteiger partial charge in [-0.3, -0.25) is 0 Å². The first kappa shape index (κ1) is 12.3. The lowest BCUT2D eigenvalue weighted by Gasteiger charge is -2.39. The van der Waals surface area contributed by atoms with Crippen molar-refractivity contribution >= 4 is 17.2 Å². The summed E-state index contributed by atoms with van der Waals surface area (Å²) in [5, 5.41) is 0. The van der Waals surface area contributed by atoms with Gasteiger partial charge in [-0.05, 0) is 51.3 Å². The number of amidine groups is 1. The highest BCUT2D eigenvalue weighted by Crippen LogP contribution is 2.35. The third-order valence-electron chi connectivity index (χ3n) is 3.98. The third kappa shape index (κ3) is 2.27. The molecule has 19 heavy (non-hydrogen) atoms. The molecule has 1 aromatic carbocycles. The summed E-state index contributed by atoms with van der Waals surface area (Å²) in [7, 11) is 0. The van der Waals surface area contributed by atoms with Crippen LogP contribution in [0.3, 0.4) is 0 Å². The van der Waals surface area contributed by atoms with Gasteiger partial charge in [0.15, 0.2) is 6.10 Å². The monoisotopic (exact) mass is 259 g/mol. The molecule has 0 radical (unpaired) electrons. The quantitative estimate of drug-likeness (QED) is 0.729. The SMILES string of the molecule is CC1Oc2ccc(N)cc2N=C1N1CCCCC1C. The first-order chi connectivity index (χ1) is 9.15. The number of hydrogen-bond donors (Lipinski definition) is 1. The number of likely N-dealkylation sites (tertiary alicyclic amines) is 1. The van der Waals surface area contributed by atoms with Gasteiger partial charge in [0.05, 0.1) is 0 Å². The smallest absolute Gasteiger partial charge is 0.153 e. The maximum atomic E-state index is 5.97. The number of benzene rings is 1. The topological polar surface area (TPSA) is 50.9 Å². The van der Waals surface area contributed by atoms with Gasteiger partial charge in [0.1, 0.15) is 17.3 Å². The second-order valence-corrected chi connectivity index (χ2v) is 5.50. The number of nitrogen functional groups attached to an aromatic ring is 1. The van der Waals surface area contributed by atoms with Gasteiger partial charge in [-0.25, -0.2) is 4.99 Å². The summed E-state index contributed by atoms with van der Waals surface area (Å²) in [5.41, 5.74) is 7.41. The Morgan fingerprint density at radius 3 is 2.95 bits per heavy atom. The number of aliphatic imine (C=N–C) groups is 1. The Balaban J connectivity index is 1.96. The van der Waals surface area contributed by atoms with E-state index in [1.54, 1.807) is 0 Å². The van der Waals surface area contributed by atoms with Crippen LogP contribution in [-0.2, 0) is 0 Å². The van der Waals surface area contributed by atoms with Crippen molar-refractivity contribution in [3.05, 3.63) is 18.2 Å². The molecule has 0 bridgehead atoms. The van der Waals surface area contributed by atoms with Crippen LogP contribution in [0.5, 0.6) is 5.75 Å². The van der Waals surface area contributed by atoms with Crippen LogP contribution in [0.2, 0.25) is 0 Å². The molecule has 1 saturated heterocycles. The summed E-state index contributed by atoms with van der Waals surface area (Å²) < 4.78 is 5.97. The van der Waals surface area contributed by atoms with Crippen molar-refractivity contribution in [3.63, 3.8) is 0 Å². The second-order valence-electron chi connectivity index (χ2n) is 5.50. The van der Waals surface area contributed by atoms with Crippen molar-refractivity contribution in [1.82, 2.24) is 4.90 Å². The van der Waals surface area contributed by atoms with Gasteiger partial charge in [-0.2, -0.15) is 0 Å². The molecule has 2 aliphatic rings. The van der Waals surface area contributed by atoms with Crippen molar-refractivity contribution in [2.75, 3.05) is 12.3 Å². The van der Waals surface area contributed by atoms with Crippen LogP contribution >= 0.6 is 0 Å². The van der Waals surface area contributed by atoms with E-state index >= 15 is 0 Å². The molecule has 2 aliphatic heterocycles. The van der Waals surface area contributed by atoms with E-state index in [2.05, 4.69) is 18.7 Å². The highest BCUT2D eigenvalue weighted by atomic mass is 16.5. The van der Waals surface area contributed by atoms with Crippen LogP contribution < -0.4 is 10.5 Å². The van der Waals surface area contributed by atoms with E-state index in [-0.39, 0.29) is 6.10 Å². The normalized spacial score (nSPS) is 26.4. The molecule has 0 aliphatic carbocycles. The highest BCUT2D eigenvalue weighted by Gasteiger charge is 2.29. The molecule has 1 aromatic rings. The molecular formula is C15H21N3O. The van der Waals surface area contributed by atoms with Crippen LogP contribution in [-0.4, -0.2) is 29.4 Å². The molecule has 2 unspecified atom stereocenters. The van der Waals surface area contributed by atoms with Crippen molar-refractivity contribution in [2.24, 2.45) is 4.99 Å². The maximum Gasteiger partial charge on any atom is 0.153 e. The van der Waals surface area contributed by atoms with Gasteiger partial charge in [-0.1, -0.05) is 0 Å². The van der Waals surface area contributed by atoms with E-state index in [4.69, 9.17) is 15.5 Å². The molecule has 0 amide bonds. The molecule has 2 N–H and O–H groups in total. The molecule has 4 heteroatoms. The zero-order valence-corrected chi connectivity index (χ0v) is 11.6. The van der Waals surface area contributed by atoms with E-state index in [0.29, 0.717) is 6.04 Å². The van der Waals surface area contributed by atoms with Crippen LogP contribution in [0.4, 0.5) is 11.4 Å². The fourth-order valence-corrected chi connectivity index (χ4v) is 2.92. The van der Waals surface area contributed by atoms with Crippen LogP contribution in [0.1, 0.15) is 33.1 Å². The van der Waals surface area contributed by atoms with Crippen LogP contribution in [0.15, 0.2) is 23.2 Å². The number of nitrogens with two attached hydrogens (primary N) is 1. The fraction of sp³-hybridized carbons (Fsp3) is 0.533. The lowest BCUT2D eigenvalue weighted by molar-refractivity contribution is 0.208. The Morgan fingerprint density at radius 2 is 2.16 bits per heavy atom. The van der Waals surface area contributed by atoms with Gasteiger partial charge in [0.2, 0.25) is 0 Å². The predicted octanol–water partition coefficient (Wildman–Crippen LogP) is 2.95. The maximum absolute atomic E-state index is 5.97. The first-order valence-corrected chi connectivity index (χ1v) is 7.06. The number of ether oxygens (including phenoxy) is 1. The minimum absolute atomic E-state index is 0.0108. The number of hydrogen-bond acceptors (Lipinski definition) is 4. The first-order valence-electron chi connectivity index (χ1n) is 7.06. The average molecular weight is 259 g/mol. The molecule has 0 aromatic heterocycles. The third-order valence-corrected chi connectivity index (χ3v) is 3.98. The molecular weight excluding hydrogens is 238 g/mol. The molecule has 3 rings (SSSR count). The van der Waals surface area contributed by atoms with E-state index in [0.717, 1.165) is 29.5 Å². The molecule has 2 atom stereocenters. The zero-order valence-electron chi connectivity index (χ0n) is 11.6. The van der Waals surface area contributed by atoms with Gasteiger partial charge >= 0.3 is 0 Å². The largest absolute Gasteiger partial charge is 0.481 e. The summed E-state index contributed by atoms with van der Waals surface area (Å²) in [5.74, 6) is 1.88. The second kappa shape index (κ2) is 4.76. The average Bonchev–Trinajstić information content (AvgIpc) is 2.39. The summed E-state index contributed by atoms with van der Waals surface area (Å²) in [4.78, 5) is 7.19. The number of nitrogens with zero attached hydrogens (tertiary/aromatic N) is 2. The highest BCUT2D eigenvalue weighted by molar-refractivity contribution is 5.92. The Bertz CT molecular complexity index is 512. The number of piperidine rings is 1. The lowest BCUT2D eigenvalue weighted by Crippen LogP contribution is -2.48. The summed E-state index contributed by atoms with van der Waals surface area (Å²) in [6.07, 6.45) is 3.79. The Morgan fingerprint density at radius 1 is 1.32 bits per heavy atom. The van der Waals surface area contributed by atoms with Gasteiger partial charge in [0.25, 0.3) is 0 Å². The Hall–Kier alpha value is -1.71. The van der Waals surface area contributed by atoms with Crippen molar-refractivity contribution in [2.45, 2.75) is 45.3 Å². The van der Waals surface area contributed by atoms with Crippen molar-refractivity contribution in [1.29, 1.82) is 0 Å². The van der Waals surface area contributed by atoms with Crippen LogP contribution in [0, 0.1) is 0 Å². The molecule has 0 spiro atoms. The number of fused-ring (bicyclic) bond motifs is 1. The van der Waals surface area contributed by atoms with E-state index in [1.165, 1.54) is 19.3 Å². The standard InChI is InChI=1S/C15H21N3O/c1-10-5-3-4-8-18(10)15-11(2)19-14-7-6-12(16)9-13(14)17-15/h6-7,9-11H,3-5,8,16H2,1-2H3. The Kier molecular flexibility index (Phi) is 3.09. The van der Waals surface area contributed by atoms with Gasteiger partial charge in [-0.15, -0.1) is 0 Å². The van der Waals surface area contributed by atoms with E-state index < -0.39 is 0 Å². The van der Waals surface area contributed by atoms with Gasteiger partial charge in [0, 0.05) is 18.3 Å². The molecule has 1 fully saturated rings. The minimum atomic E-state index is 0.0108. The zero-order chi connectivity index (χ0) is 13.4. The summed E-state index contributed by atoms with van der Waals surface area (Å²) in [6.45, 7) is 5.41. The fourth-order valence-electron chi connectivity index (χ4n) is 2.92. The summed E-state index contributed by atoms with van der Waals surface area (Å²) >= 11 is 0. The van der Waals surface area contributed by atoms with Crippen LogP contribution in [0.25, 0.3) is 0 Å². The minimum Gasteiger partial charge on any atom is -0.481 e. The van der Waals surface area contributed by atoms with E-state index in [9.17, 15) is 0 Å². The number of rotatable bonds is 0. The van der Waals surface area contributed by atoms with E-state index in [1.807, 2.05) is 18.2 Å². The van der Waals surface area contributed by atoms with Gasteiger partial charge < -0.3 is 15.4 Å². The molecule has 102 valence electrons. The molecule has 4 nitrogen and oxygen atoms in total. The molecule has 2 heterocycles. The summed E-state index contributed by atoms with van der Waals surface area (Å²) in [6, 6.07) is 6.19. The number of anilines is 1. The predicted molar refractivity (Wildman–Crippen MR) is 78.1 cm³/mol. The van der Waals surface area contributed by atoms with Crippen molar-refractivity contribution < 1.29 is 4.74 Å². The lowest BCUT2D eigenvalue weighted by atomic mass is 10.0. The Labute approximate surface area is 114 Å².